The highest BCUT2D eigenvalue weighted by Crippen LogP contribution is 2.46. The molecular weight excluding hydrogens is 164 g/mol. The third kappa shape index (κ3) is 1.57. The van der Waals surface area contributed by atoms with Crippen LogP contribution in [0.4, 0.5) is 0 Å². The molecule has 1 aromatic carbocycles. The molecule has 0 saturated heterocycles. The van der Waals surface area contributed by atoms with Crippen LogP contribution in [0.25, 0.3) is 0 Å². The Balaban J connectivity index is 2.17. The van der Waals surface area contributed by atoms with Gasteiger partial charge < -0.3 is 9.53 Å². The van der Waals surface area contributed by atoms with Crippen LogP contribution >= 0.6 is 0 Å². The van der Waals surface area contributed by atoms with Crippen molar-refractivity contribution < 1.29 is 9.53 Å². The lowest BCUT2D eigenvalue weighted by molar-refractivity contribution is -0.108. The van der Waals surface area contributed by atoms with Crippen LogP contribution in [0.1, 0.15) is 17.9 Å². The number of hydrogen-bond acceptors (Lipinski definition) is 2. The van der Waals surface area contributed by atoms with Gasteiger partial charge in [-0.05, 0) is 30.0 Å². The van der Waals surface area contributed by atoms with Crippen molar-refractivity contribution in [3.05, 3.63) is 29.8 Å². The maximum Gasteiger partial charge on any atom is 0.123 e. The SMILES string of the molecule is COc1cccc([C@H]2C[C@@H]2C=O)c1. The largest absolute Gasteiger partial charge is 0.497 e. The summed E-state index contributed by atoms with van der Waals surface area (Å²) in [6, 6.07) is 7.95. The van der Waals surface area contributed by atoms with Crippen molar-refractivity contribution >= 4 is 6.29 Å². The molecule has 1 saturated carbocycles. The van der Waals surface area contributed by atoms with Gasteiger partial charge in [-0.3, -0.25) is 0 Å². The van der Waals surface area contributed by atoms with E-state index in [4.69, 9.17) is 4.74 Å². The van der Waals surface area contributed by atoms with Crippen molar-refractivity contribution in [2.24, 2.45) is 5.92 Å². The zero-order chi connectivity index (χ0) is 9.26. The molecule has 1 aromatic rings. The smallest absolute Gasteiger partial charge is 0.123 e. The van der Waals surface area contributed by atoms with Crippen LogP contribution in [0.15, 0.2) is 24.3 Å². The zero-order valence-electron chi connectivity index (χ0n) is 7.57. The van der Waals surface area contributed by atoms with E-state index in [9.17, 15) is 4.79 Å². The third-order valence-electron chi connectivity index (χ3n) is 2.54. The Morgan fingerprint density at radius 3 is 3.00 bits per heavy atom. The molecule has 1 fully saturated rings. The predicted octanol–water partition coefficient (Wildman–Crippen LogP) is 2.00. The van der Waals surface area contributed by atoms with E-state index in [1.54, 1.807) is 7.11 Å². The number of aldehydes is 1. The number of carbonyl (C=O) groups excluding carboxylic acids is 1. The minimum atomic E-state index is 0.243. The standard InChI is InChI=1S/C11H12O2/c1-13-10-4-2-3-8(5-10)11-6-9(11)7-12/h2-5,7,9,11H,6H2,1H3/t9-,11-/m1/s1. The molecule has 0 aliphatic heterocycles. The normalized spacial score (nSPS) is 25.3. The summed E-state index contributed by atoms with van der Waals surface area (Å²) in [5.74, 6) is 1.55. The van der Waals surface area contributed by atoms with Gasteiger partial charge in [0, 0.05) is 5.92 Å². The lowest BCUT2D eigenvalue weighted by atomic mass is 10.1. The number of methoxy groups -OCH3 is 1. The molecule has 1 aliphatic carbocycles. The predicted molar refractivity (Wildman–Crippen MR) is 49.9 cm³/mol. The molecule has 0 heterocycles. The lowest BCUT2D eigenvalue weighted by Crippen LogP contribution is -1.87. The molecule has 68 valence electrons. The highest BCUT2D eigenvalue weighted by atomic mass is 16.5. The van der Waals surface area contributed by atoms with Gasteiger partial charge in [0.15, 0.2) is 0 Å². The molecule has 2 atom stereocenters. The maximum atomic E-state index is 10.5. The lowest BCUT2D eigenvalue weighted by Gasteiger charge is -2.02. The van der Waals surface area contributed by atoms with Gasteiger partial charge in [0.05, 0.1) is 7.11 Å². The molecular formula is C11H12O2. The Hall–Kier alpha value is -1.31. The summed E-state index contributed by atoms with van der Waals surface area (Å²) in [5.41, 5.74) is 1.22. The van der Waals surface area contributed by atoms with Crippen molar-refractivity contribution in [2.45, 2.75) is 12.3 Å². The summed E-state index contributed by atoms with van der Waals surface area (Å²) < 4.78 is 5.11. The number of hydrogen-bond donors (Lipinski definition) is 0. The van der Waals surface area contributed by atoms with Gasteiger partial charge in [-0.2, -0.15) is 0 Å². The third-order valence-corrected chi connectivity index (χ3v) is 2.54. The second-order valence-electron chi connectivity index (χ2n) is 3.42. The van der Waals surface area contributed by atoms with Gasteiger partial charge in [-0.25, -0.2) is 0 Å². The fourth-order valence-electron chi connectivity index (χ4n) is 1.62. The van der Waals surface area contributed by atoms with E-state index in [1.807, 2.05) is 18.2 Å². The maximum absolute atomic E-state index is 10.5. The van der Waals surface area contributed by atoms with Crippen LogP contribution < -0.4 is 4.74 Å². The molecule has 2 rings (SSSR count). The number of ether oxygens (including phenoxy) is 1. The van der Waals surface area contributed by atoms with Crippen LogP contribution in [0.3, 0.4) is 0 Å². The molecule has 0 aromatic heterocycles. The van der Waals surface area contributed by atoms with Crippen LogP contribution in [0.2, 0.25) is 0 Å². The highest BCUT2D eigenvalue weighted by Gasteiger charge is 2.37. The minimum absolute atomic E-state index is 0.243. The molecule has 2 nitrogen and oxygen atoms in total. The number of carbonyl (C=O) groups is 1. The van der Waals surface area contributed by atoms with Crippen LogP contribution in [0.5, 0.6) is 5.75 Å². The Morgan fingerprint density at radius 2 is 2.38 bits per heavy atom. The first-order chi connectivity index (χ1) is 6.35. The average Bonchev–Trinajstić information content (AvgIpc) is 2.97. The van der Waals surface area contributed by atoms with E-state index >= 15 is 0 Å². The Morgan fingerprint density at radius 1 is 1.54 bits per heavy atom. The molecule has 13 heavy (non-hydrogen) atoms. The second-order valence-corrected chi connectivity index (χ2v) is 3.42. The van der Waals surface area contributed by atoms with Crippen LogP contribution in [-0.4, -0.2) is 13.4 Å². The minimum Gasteiger partial charge on any atom is -0.497 e. The number of benzene rings is 1. The molecule has 0 spiro atoms. The van der Waals surface area contributed by atoms with Crippen molar-refractivity contribution in [3.8, 4) is 5.75 Å². The van der Waals surface area contributed by atoms with E-state index in [0.29, 0.717) is 5.92 Å². The summed E-state index contributed by atoms with van der Waals surface area (Å²) in [7, 11) is 1.66. The van der Waals surface area contributed by atoms with E-state index < -0.39 is 0 Å². The Labute approximate surface area is 77.5 Å². The van der Waals surface area contributed by atoms with Gasteiger partial charge in [0.25, 0.3) is 0 Å². The molecule has 0 N–H and O–H groups in total. The van der Waals surface area contributed by atoms with Crippen molar-refractivity contribution in [1.29, 1.82) is 0 Å². The van der Waals surface area contributed by atoms with E-state index in [0.717, 1.165) is 18.5 Å². The quantitative estimate of drug-likeness (QED) is 0.658. The van der Waals surface area contributed by atoms with Gasteiger partial charge in [-0.15, -0.1) is 0 Å². The Kier molecular flexibility index (Phi) is 2.05. The van der Waals surface area contributed by atoms with Crippen molar-refractivity contribution in [3.63, 3.8) is 0 Å². The molecule has 0 radical (unpaired) electrons. The molecule has 0 unspecified atom stereocenters. The van der Waals surface area contributed by atoms with E-state index in [2.05, 4.69) is 6.07 Å². The second kappa shape index (κ2) is 3.21. The molecule has 1 aliphatic rings. The first-order valence-corrected chi connectivity index (χ1v) is 4.44. The zero-order valence-corrected chi connectivity index (χ0v) is 7.57. The Bertz CT molecular complexity index is 320. The molecule has 2 heteroatoms. The fraction of sp³-hybridized carbons (Fsp3) is 0.364. The molecule has 0 bridgehead atoms. The summed E-state index contributed by atoms with van der Waals surface area (Å²) in [4.78, 5) is 10.5. The van der Waals surface area contributed by atoms with Crippen LogP contribution in [-0.2, 0) is 4.79 Å². The van der Waals surface area contributed by atoms with E-state index in [1.165, 1.54) is 5.56 Å². The average molecular weight is 176 g/mol. The van der Waals surface area contributed by atoms with Crippen molar-refractivity contribution in [1.82, 2.24) is 0 Å². The monoisotopic (exact) mass is 176 g/mol. The fourth-order valence-corrected chi connectivity index (χ4v) is 1.62. The van der Waals surface area contributed by atoms with Gasteiger partial charge >= 0.3 is 0 Å². The van der Waals surface area contributed by atoms with Gasteiger partial charge in [0.2, 0.25) is 0 Å². The first-order valence-electron chi connectivity index (χ1n) is 4.44. The molecule has 0 amide bonds. The van der Waals surface area contributed by atoms with Crippen molar-refractivity contribution in [2.75, 3.05) is 7.11 Å². The summed E-state index contributed by atoms with van der Waals surface area (Å²) in [6.07, 6.45) is 2.04. The van der Waals surface area contributed by atoms with Gasteiger partial charge in [-0.1, -0.05) is 12.1 Å². The summed E-state index contributed by atoms with van der Waals surface area (Å²) >= 11 is 0. The highest BCUT2D eigenvalue weighted by molar-refractivity contribution is 5.61. The van der Waals surface area contributed by atoms with Gasteiger partial charge in [0.1, 0.15) is 12.0 Å². The van der Waals surface area contributed by atoms with Crippen LogP contribution in [0, 0.1) is 5.92 Å². The summed E-state index contributed by atoms with van der Waals surface area (Å²) in [5, 5.41) is 0. The first kappa shape index (κ1) is 8.30. The number of rotatable bonds is 3. The topological polar surface area (TPSA) is 26.3 Å². The summed E-state index contributed by atoms with van der Waals surface area (Å²) in [6.45, 7) is 0. The van der Waals surface area contributed by atoms with E-state index in [-0.39, 0.29) is 5.92 Å².